The second-order valence-electron chi connectivity index (χ2n) is 5.34. The van der Waals surface area contributed by atoms with Gasteiger partial charge in [0.25, 0.3) is 5.69 Å². The Morgan fingerprint density at radius 1 is 1.37 bits per heavy atom. The highest BCUT2D eigenvalue weighted by atomic mass is 16.6. The number of benzene rings is 1. The van der Waals surface area contributed by atoms with Crippen molar-refractivity contribution in [2.24, 2.45) is 17.7 Å². The number of anilines is 2. The molecule has 1 fully saturated rings. The standard InChI is InChI=1S/C13H20N4O2/c1-9-2-3-10(4-9)8-15-11-5-12(16-14)7-13(6-11)17(18)19/h5-7,9-10,15-16H,2-4,8,14H2,1H3. The zero-order valence-electron chi connectivity index (χ0n) is 11.1. The Balaban J connectivity index is 2.02. The van der Waals surface area contributed by atoms with Gasteiger partial charge in [0.2, 0.25) is 0 Å². The van der Waals surface area contributed by atoms with Crippen LogP contribution in [0.5, 0.6) is 0 Å². The highest BCUT2D eigenvalue weighted by Crippen LogP contribution is 2.31. The number of hydrazine groups is 1. The molecule has 2 rings (SSSR count). The topological polar surface area (TPSA) is 93.2 Å². The molecule has 0 heterocycles. The van der Waals surface area contributed by atoms with Crippen molar-refractivity contribution in [1.29, 1.82) is 0 Å². The average Bonchev–Trinajstić information content (AvgIpc) is 2.81. The smallest absolute Gasteiger partial charge is 0.273 e. The quantitative estimate of drug-likeness (QED) is 0.432. The number of non-ortho nitro benzene ring substituents is 1. The third-order valence-corrected chi connectivity index (χ3v) is 3.69. The van der Waals surface area contributed by atoms with Crippen LogP contribution in [0.25, 0.3) is 0 Å². The minimum atomic E-state index is -0.413. The van der Waals surface area contributed by atoms with Gasteiger partial charge in [0, 0.05) is 24.4 Å². The Labute approximate surface area is 112 Å². The number of hydrogen-bond donors (Lipinski definition) is 3. The van der Waals surface area contributed by atoms with Crippen LogP contribution in [-0.2, 0) is 0 Å². The number of nitrogen functional groups attached to an aromatic ring is 1. The first-order valence-electron chi connectivity index (χ1n) is 6.58. The van der Waals surface area contributed by atoms with E-state index in [4.69, 9.17) is 5.84 Å². The van der Waals surface area contributed by atoms with Crippen LogP contribution in [-0.4, -0.2) is 11.5 Å². The van der Waals surface area contributed by atoms with Crippen molar-refractivity contribution < 1.29 is 4.92 Å². The molecule has 4 N–H and O–H groups in total. The number of rotatable bonds is 5. The van der Waals surface area contributed by atoms with Crippen molar-refractivity contribution in [3.63, 3.8) is 0 Å². The summed E-state index contributed by atoms with van der Waals surface area (Å²) in [5.74, 6) is 6.77. The Kier molecular flexibility index (Phi) is 4.21. The third-order valence-electron chi connectivity index (χ3n) is 3.69. The van der Waals surface area contributed by atoms with Crippen LogP contribution in [0.2, 0.25) is 0 Å². The number of nitro benzene ring substituents is 1. The monoisotopic (exact) mass is 264 g/mol. The predicted molar refractivity (Wildman–Crippen MR) is 75.9 cm³/mol. The first kappa shape index (κ1) is 13.6. The molecule has 1 aliphatic carbocycles. The first-order chi connectivity index (χ1) is 9.08. The normalized spacial score (nSPS) is 22.2. The number of nitrogens with one attached hydrogen (secondary N) is 2. The van der Waals surface area contributed by atoms with Crippen molar-refractivity contribution >= 4 is 17.1 Å². The summed E-state index contributed by atoms with van der Waals surface area (Å²) in [6.45, 7) is 3.12. The molecule has 0 saturated heterocycles. The zero-order chi connectivity index (χ0) is 13.8. The van der Waals surface area contributed by atoms with Crippen molar-refractivity contribution in [3.05, 3.63) is 28.3 Å². The fourth-order valence-electron chi connectivity index (χ4n) is 2.67. The van der Waals surface area contributed by atoms with Gasteiger partial charge in [0.05, 0.1) is 10.6 Å². The molecule has 2 unspecified atom stereocenters. The van der Waals surface area contributed by atoms with E-state index in [1.807, 2.05) is 0 Å². The minimum absolute atomic E-state index is 0.0396. The number of nitro groups is 1. The molecule has 1 saturated carbocycles. The van der Waals surface area contributed by atoms with E-state index in [1.165, 1.54) is 25.3 Å². The second kappa shape index (κ2) is 5.88. The highest BCUT2D eigenvalue weighted by molar-refractivity contribution is 5.63. The van der Waals surface area contributed by atoms with E-state index in [0.29, 0.717) is 11.6 Å². The maximum Gasteiger partial charge on any atom is 0.273 e. The summed E-state index contributed by atoms with van der Waals surface area (Å²) in [6, 6.07) is 4.74. The second-order valence-corrected chi connectivity index (χ2v) is 5.34. The van der Waals surface area contributed by atoms with E-state index in [9.17, 15) is 10.1 Å². The van der Waals surface area contributed by atoms with Gasteiger partial charge in [-0.25, -0.2) is 0 Å². The molecule has 1 aliphatic rings. The fourth-order valence-corrected chi connectivity index (χ4v) is 2.67. The van der Waals surface area contributed by atoms with Crippen molar-refractivity contribution in [2.75, 3.05) is 17.3 Å². The van der Waals surface area contributed by atoms with Crippen LogP contribution in [0.3, 0.4) is 0 Å². The van der Waals surface area contributed by atoms with Gasteiger partial charge in [-0.05, 0) is 30.7 Å². The molecular weight excluding hydrogens is 244 g/mol. The average molecular weight is 264 g/mol. The summed E-state index contributed by atoms with van der Waals surface area (Å²) < 4.78 is 0. The minimum Gasteiger partial charge on any atom is -0.385 e. The summed E-state index contributed by atoms with van der Waals surface area (Å²) in [5, 5.41) is 14.1. The molecule has 6 heteroatoms. The molecular formula is C13H20N4O2. The largest absolute Gasteiger partial charge is 0.385 e. The van der Waals surface area contributed by atoms with Crippen LogP contribution in [0.15, 0.2) is 18.2 Å². The van der Waals surface area contributed by atoms with Crippen LogP contribution < -0.4 is 16.6 Å². The van der Waals surface area contributed by atoms with E-state index in [0.717, 1.165) is 18.2 Å². The third kappa shape index (κ3) is 3.57. The predicted octanol–water partition coefficient (Wildman–Crippen LogP) is 2.73. The van der Waals surface area contributed by atoms with Crippen molar-refractivity contribution in [1.82, 2.24) is 0 Å². The lowest BCUT2D eigenvalue weighted by Crippen LogP contribution is -2.12. The van der Waals surface area contributed by atoms with E-state index in [1.54, 1.807) is 12.1 Å². The highest BCUT2D eigenvalue weighted by Gasteiger charge is 2.21. The Bertz CT molecular complexity index is 464. The number of nitrogens with zero attached hydrogens (tertiary/aromatic N) is 1. The van der Waals surface area contributed by atoms with E-state index < -0.39 is 4.92 Å². The SMILES string of the molecule is CC1CCC(CNc2cc(NN)cc([N+](=O)[O-])c2)C1. The number of nitrogens with two attached hydrogens (primary N) is 1. The lowest BCUT2D eigenvalue weighted by molar-refractivity contribution is -0.384. The molecule has 1 aromatic rings. The van der Waals surface area contributed by atoms with Gasteiger partial charge in [-0.3, -0.25) is 16.0 Å². The van der Waals surface area contributed by atoms with E-state index >= 15 is 0 Å². The molecule has 6 nitrogen and oxygen atoms in total. The van der Waals surface area contributed by atoms with E-state index in [2.05, 4.69) is 17.7 Å². The lowest BCUT2D eigenvalue weighted by Gasteiger charge is -2.13. The first-order valence-corrected chi connectivity index (χ1v) is 6.58. The maximum atomic E-state index is 10.8. The summed E-state index contributed by atoms with van der Waals surface area (Å²) in [5.41, 5.74) is 3.77. The molecule has 0 bridgehead atoms. The molecule has 0 spiro atoms. The van der Waals surface area contributed by atoms with Crippen LogP contribution >= 0.6 is 0 Å². The Morgan fingerprint density at radius 2 is 2.11 bits per heavy atom. The van der Waals surface area contributed by atoms with Gasteiger partial charge in [-0.2, -0.15) is 0 Å². The van der Waals surface area contributed by atoms with Crippen LogP contribution in [0.1, 0.15) is 26.2 Å². The van der Waals surface area contributed by atoms with Crippen LogP contribution in [0, 0.1) is 22.0 Å². The summed E-state index contributed by atoms with van der Waals surface area (Å²) in [6.07, 6.45) is 3.73. The molecule has 104 valence electrons. The van der Waals surface area contributed by atoms with E-state index in [-0.39, 0.29) is 5.69 Å². The summed E-state index contributed by atoms with van der Waals surface area (Å²) in [7, 11) is 0. The molecule has 19 heavy (non-hydrogen) atoms. The van der Waals surface area contributed by atoms with Gasteiger partial charge in [0.15, 0.2) is 0 Å². The van der Waals surface area contributed by atoms with Gasteiger partial charge < -0.3 is 10.7 Å². The molecule has 0 aliphatic heterocycles. The zero-order valence-corrected chi connectivity index (χ0v) is 11.1. The molecule has 0 radical (unpaired) electrons. The summed E-state index contributed by atoms with van der Waals surface area (Å²) in [4.78, 5) is 10.4. The van der Waals surface area contributed by atoms with Crippen LogP contribution in [0.4, 0.5) is 17.1 Å². The number of hydrogen-bond acceptors (Lipinski definition) is 5. The van der Waals surface area contributed by atoms with Gasteiger partial charge in [-0.1, -0.05) is 13.3 Å². The van der Waals surface area contributed by atoms with Gasteiger partial charge in [0.1, 0.15) is 0 Å². The van der Waals surface area contributed by atoms with Crippen molar-refractivity contribution in [3.8, 4) is 0 Å². The summed E-state index contributed by atoms with van der Waals surface area (Å²) >= 11 is 0. The Hall–Kier alpha value is -1.82. The Morgan fingerprint density at radius 3 is 2.68 bits per heavy atom. The van der Waals surface area contributed by atoms with Gasteiger partial charge in [-0.15, -0.1) is 0 Å². The molecule has 2 atom stereocenters. The molecule has 0 amide bonds. The fraction of sp³-hybridized carbons (Fsp3) is 0.538. The lowest BCUT2D eigenvalue weighted by atomic mass is 10.1. The molecule has 1 aromatic carbocycles. The van der Waals surface area contributed by atoms with Crippen molar-refractivity contribution in [2.45, 2.75) is 26.2 Å². The van der Waals surface area contributed by atoms with Gasteiger partial charge >= 0.3 is 0 Å². The maximum absolute atomic E-state index is 10.8. The molecule has 0 aromatic heterocycles.